The maximum Gasteiger partial charge on any atom is -0.00489 e. The number of rotatable bonds is 12. The maximum absolute atomic E-state index is 4.15. The minimum Gasteiger partial charge on any atom is -0.320 e. The molecule has 0 aliphatic rings. The van der Waals surface area contributed by atoms with Gasteiger partial charge in [-0.15, -0.1) is 0 Å². The number of nitrogens with one attached hydrogen (secondary N) is 1. The molecule has 0 heterocycles. The highest BCUT2D eigenvalue weighted by molar-refractivity contribution is 4.93. The van der Waals surface area contributed by atoms with Gasteiger partial charge < -0.3 is 5.32 Å². The van der Waals surface area contributed by atoms with Crippen LogP contribution in [-0.4, -0.2) is 13.6 Å². The van der Waals surface area contributed by atoms with E-state index in [1.54, 1.807) is 0 Å². The molecule has 1 nitrogen and oxygen atoms in total. The van der Waals surface area contributed by atoms with Crippen LogP contribution in [0.2, 0.25) is 0 Å². The van der Waals surface area contributed by atoms with Gasteiger partial charge in [-0.05, 0) is 39.3 Å². The lowest BCUT2D eigenvalue weighted by Crippen LogP contribution is -2.07. The van der Waals surface area contributed by atoms with E-state index < -0.39 is 0 Å². The fraction of sp³-hybridized carbons (Fsp3) is 0.867. The van der Waals surface area contributed by atoms with Crippen molar-refractivity contribution < 1.29 is 0 Å². The first-order valence-electron chi connectivity index (χ1n) is 7.12. The van der Waals surface area contributed by atoms with Crippen LogP contribution in [0, 0.1) is 0 Å². The zero-order chi connectivity index (χ0) is 12.1. The number of unbranched alkanes of at least 4 members (excludes halogenated alkanes) is 6. The Hall–Kier alpha value is -0.300. The molecule has 16 heavy (non-hydrogen) atoms. The van der Waals surface area contributed by atoms with Crippen molar-refractivity contribution in [2.24, 2.45) is 0 Å². The average Bonchev–Trinajstić information content (AvgIpc) is 2.28. The molecule has 0 unspecified atom stereocenters. The molecule has 0 aliphatic carbocycles. The lowest BCUT2D eigenvalue weighted by atomic mass is 10.0. The van der Waals surface area contributed by atoms with Crippen LogP contribution in [0.15, 0.2) is 12.2 Å². The van der Waals surface area contributed by atoms with Gasteiger partial charge in [-0.1, -0.05) is 57.6 Å². The molecule has 1 N–H and O–H groups in total. The van der Waals surface area contributed by atoms with Crippen molar-refractivity contribution >= 4 is 0 Å². The molecule has 96 valence electrons. The van der Waals surface area contributed by atoms with Crippen molar-refractivity contribution in [3.05, 3.63) is 12.2 Å². The van der Waals surface area contributed by atoms with E-state index in [2.05, 4.69) is 18.8 Å². The van der Waals surface area contributed by atoms with Gasteiger partial charge in [0.1, 0.15) is 0 Å². The summed E-state index contributed by atoms with van der Waals surface area (Å²) in [4.78, 5) is 0. The van der Waals surface area contributed by atoms with E-state index in [0.29, 0.717) is 0 Å². The monoisotopic (exact) mass is 225 g/mol. The normalized spacial score (nSPS) is 10.6. The molecule has 0 fully saturated rings. The van der Waals surface area contributed by atoms with Gasteiger partial charge in [-0.3, -0.25) is 0 Å². The zero-order valence-electron chi connectivity index (χ0n) is 11.5. The first-order chi connectivity index (χ1) is 7.81. The minimum atomic E-state index is 1.12. The van der Waals surface area contributed by atoms with Gasteiger partial charge >= 0.3 is 0 Å². The van der Waals surface area contributed by atoms with E-state index in [1.807, 2.05) is 7.05 Å². The fourth-order valence-corrected chi connectivity index (χ4v) is 1.97. The van der Waals surface area contributed by atoms with Crippen LogP contribution in [0.25, 0.3) is 0 Å². The lowest BCUT2D eigenvalue weighted by molar-refractivity contribution is 0.583. The number of hydrogen-bond acceptors (Lipinski definition) is 1. The Kier molecular flexibility index (Phi) is 12.5. The lowest BCUT2D eigenvalue weighted by Gasteiger charge is -2.05. The summed E-state index contributed by atoms with van der Waals surface area (Å²) in [5, 5.41) is 3.18. The van der Waals surface area contributed by atoms with Crippen LogP contribution in [0.1, 0.15) is 71.1 Å². The molecular weight excluding hydrogens is 194 g/mol. The quantitative estimate of drug-likeness (QED) is 0.375. The highest BCUT2D eigenvalue weighted by atomic mass is 14.8. The van der Waals surface area contributed by atoms with Crippen molar-refractivity contribution in [3.63, 3.8) is 0 Å². The Morgan fingerprint density at radius 3 is 2.06 bits per heavy atom. The second kappa shape index (κ2) is 12.8. The van der Waals surface area contributed by atoms with Gasteiger partial charge in [0, 0.05) is 0 Å². The van der Waals surface area contributed by atoms with Gasteiger partial charge in [-0.25, -0.2) is 0 Å². The molecule has 0 aromatic heterocycles. The topological polar surface area (TPSA) is 12.0 Å². The summed E-state index contributed by atoms with van der Waals surface area (Å²) < 4.78 is 0. The largest absolute Gasteiger partial charge is 0.320 e. The van der Waals surface area contributed by atoms with Crippen LogP contribution in [0.3, 0.4) is 0 Å². The third-order valence-corrected chi connectivity index (χ3v) is 3.09. The molecule has 0 saturated carbocycles. The van der Waals surface area contributed by atoms with E-state index in [0.717, 1.165) is 6.54 Å². The van der Waals surface area contributed by atoms with E-state index in [9.17, 15) is 0 Å². The molecule has 0 bridgehead atoms. The Balaban J connectivity index is 3.09. The first-order valence-corrected chi connectivity index (χ1v) is 7.12. The molecule has 0 aliphatic heterocycles. The van der Waals surface area contributed by atoms with Crippen molar-refractivity contribution in [1.29, 1.82) is 0 Å². The number of allylic oxidation sites excluding steroid dienone is 1. The summed E-state index contributed by atoms with van der Waals surface area (Å²) in [5.41, 5.74) is 1.45. The predicted molar refractivity (Wildman–Crippen MR) is 74.9 cm³/mol. The van der Waals surface area contributed by atoms with Gasteiger partial charge in [0.25, 0.3) is 0 Å². The van der Waals surface area contributed by atoms with Crippen LogP contribution in [0.5, 0.6) is 0 Å². The average molecular weight is 225 g/mol. The van der Waals surface area contributed by atoms with Crippen LogP contribution in [0.4, 0.5) is 0 Å². The van der Waals surface area contributed by atoms with E-state index >= 15 is 0 Å². The summed E-state index contributed by atoms with van der Waals surface area (Å²) in [5.74, 6) is 0. The maximum atomic E-state index is 4.15. The molecule has 0 aromatic rings. The third-order valence-electron chi connectivity index (χ3n) is 3.09. The van der Waals surface area contributed by atoms with Gasteiger partial charge in [-0.2, -0.15) is 0 Å². The molecule has 1 heteroatoms. The van der Waals surface area contributed by atoms with E-state index in [1.165, 1.54) is 69.8 Å². The Labute approximate surface area is 103 Å². The summed E-state index contributed by atoms with van der Waals surface area (Å²) >= 11 is 0. The molecular formula is C15H31N. The molecule has 0 radical (unpaired) electrons. The first kappa shape index (κ1) is 15.7. The summed E-state index contributed by atoms with van der Waals surface area (Å²) in [7, 11) is 2.01. The number of hydrogen-bond donors (Lipinski definition) is 1. The fourth-order valence-electron chi connectivity index (χ4n) is 1.97. The SMILES string of the molecule is C=C(CCCCCCCCC)CCCNC. The van der Waals surface area contributed by atoms with Crippen molar-refractivity contribution in [3.8, 4) is 0 Å². The van der Waals surface area contributed by atoms with Gasteiger partial charge in [0.05, 0.1) is 0 Å². The van der Waals surface area contributed by atoms with Gasteiger partial charge in [0.2, 0.25) is 0 Å². The molecule has 0 rings (SSSR count). The van der Waals surface area contributed by atoms with Crippen molar-refractivity contribution in [2.45, 2.75) is 71.1 Å². The van der Waals surface area contributed by atoms with Crippen LogP contribution < -0.4 is 5.32 Å². The second-order valence-corrected chi connectivity index (χ2v) is 4.83. The van der Waals surface area contributed by atoms with Crippen LogP contribution >= 0.6 is 0 Å². The van der Waals surface area contributed by atoms with E-state index in [4.69, 9.17) is 0 Å². The smallest absolute Gasteiger partial charge is 0.00489 e. The third kappa shape index (κ3) is 11.8. The second-order valence-electron chi connectivity index (χ2n) is 4.83. The Morgan fingerprint density at radius 2 is 1.44 bits per heavy atom. The van der Waals surface area contributed by atoms with Crippen molar-refractivity contribution in [1.82, 2.24) is 5.32 Å². The zero-order valence-corrected chi connectivity index (χ0v) is 11.5. The Morgan fingerprint density at radius 1 is 0.875 bits per heavy atom. The minimum absolute atomic E-state index is 1.12. The molecule has 0 spiro atoms. The molecule has 0 saturated heterocycles. The summed E-state index contributed by atoms with van der Waals surface area (Å²) in [6.45, 7) is 7.54. The Bertz CT molecular complexity index is 152. The van der Waals surface area contributed by atoms with E-state index in [-0.39, 0.29) is 0 Å². The van der Waals surface area contributed by atoms with Crippen LogP contribution in [-0.2, 0) is 0 Å². The highest BCUT2D eigenvalue weighted by Gasteiger charge is 1.95. The van der Waals surface area contributed by atoms with Crippen molar-refractivity contribution in [2.75, 3.05) is 13.6 Å². The summed E-state index contributed by atoms with van der Waals surface area (Å²) in [6, 6.07) is 0. The highest BCUT2D eigenvalue weighted by Crippen LogP contribution is 2.14. The molecule has 0 atom stereocenters. The molecule has 0 aromatic carbocycles. The predicted octanol–water partition coefficient (Wildman–Crippen LogP) is 4.68. The molecule has 0 amide bonds. The van der Waals surface area contributed by atoms with Gasteiger partial charge in [0.15, 0.2) is 0 Å². The standard InChI is InChI=1S/C15H31N/c1-4-5-6-7-8-9-10-12-15(2)13-11-14-16-3/h16H,2,4-14H2,1,3H3. The summed E-state index contributed by atoms with van der Waals surface area (Å²) in [6.07, 6.45) is 13.5.